The minimum atomic E-state index is -1.75. The first-order valence-electron chi connectivity index (χ1n) is 16.3. The Hall–Kier alpha value is -6.59. The molecule has 0 aromatic heterocycles. The third kappa shape index (κ3) is 8.76. The first kappa shape index (κ1) is 35.2. The highest BCUT2D eigenvalue weighted by atomic mass is 16.7. The van der Waals surface area contributed by atoms with Crippen molar-refractivity contribution in [1.82, 2.24) is 0 Å². The van der Waals surface area contributed by atoms with Gasteiger partial charge in [-0.15, -0.1) is 0 Å². The van der Waals surface area contributed by atoms with Crippen molar-refractivity contribution in [2.24, 2.45) is 0 Å². The topological polar surface area (TPSA) is 141 Å². The van der Waals surface area contributed by atoms with Crippen LogP contribution in [0.3, 0.4) is 0 Å². The minimum absolute atomic E-state index is 0.125. The van der Waals surface area contributed by atoms with E-state index in [4.69, 9.17) is 28.4 Å². The number of hydrogen-bond donors (Lipinski definition) is 0. The van der Waals surface area contributed by atoms with E-state index in [2.05, 4.69) is 0 Å². The Balaban J connectivity index is 1.41. The maximum absolute atomic E-state index is 13.7. The fraction of sp³-hybridized carbons (Fsp3) is 0.146. The van der Waals surface area contributed by atoms with Crippen LogP contribution in [0.2, 0.25) is 0 Å². The van der Waals surface area contributed by atoms with Crippen molar-refractivity contribution in [3.8, 4) is 0 Å². The normalized spacial score (nSPS) is 19.3. The molecule has 11 nitrogen and oxygen atoms in total. The Bertz CT molecular complexity index is 1970. The van der Waals surface area contributed by atoms with Gasteiger partial charge in [0.1, 0.15) is 12.7 Å². The molecule has 0 amide bonds. The smallest absolute Gasteiger partial charge is 0.340 e. The van der Waals surface area contributed by atoms with Crippen LogP contribution >= 0.6 is 0 Å². The van der Waals surface area contributed by atoms with Gasteiger partial charge in [-0.2, -0.15) is 0 Å². The zero-order valence-electron chi connectivity index (χ0n) is 27.5. The van der Waals surface area contributed by atoms with Crippen LogP contribution in [0.5, 0.6) is 0 Å². The van der Waals surface area contributed by atoms with Crippen LogP contribution in [-0.2, 0) is 28.4 Å². The summed E-state index contributed by atoms with van der Waals surface area (Å²) < 4.78 is 35.5. The lowest BCUT2D eigenvalue weighted by Crippen LogP contribution is -2.63. The number of ether oxygens (including phenoxy) is 6. The van der Waals surface area contributed by atoms with Gasteiger partial charge in [0.05, 0.1) is 27.8 Å². The third-order valence-electron chi connectivity index (χ3n) is 7.97. The van der Waals surface area contributed by atoms with Gasteiger partial charge in [-0.1, -0.05) is 91.0 Å². The molecule has 52 heavy (non-hydrogen) atoms. The van der Waals surface area contributed by atoms with E-state index >= 15 is 0 Å². The maximum atomic E-state index is 13.7. The van der Waals surface area contributed by atoms with Crippen molar-refractivity contribution < 1.29 is 52.4 Å². The third-order valence-corrected chi connectivity index (χ3v) is 7.97. The van der Waals surface area contributed by atoms with Gasteiger partial charge in [0, 0.05) is 0 Å². The molecular weight excluding hydrogens is 668 g/mol. The Morgan fingerprint density at radius 2 is 0.692 bits per heavy atom. The molecule has 5 atom stereocenters. The number of hydrogen-bond acceptors (Lipinski definition) is 11. The molecule has 1 aliphatic heterocycles. The van der Waals surface area contributed by atoms with Gasteiger partial charge in [-0.25, -0.2) is 24.0 Å². The Labute approximate surface area is 298 Å². The Morgan fingerprint density at radius 1 is 0.385 bits per heavy atom. The molecule has 0 saturated carbocycles. The Morgan fingerprint density at radius 3 is 1.08 bits per heavy atom. The van der Waals surface area contributed by atoms with Crippen molar-refractivity contribution in [2.45, 2.75) is 30.7 Å². The summed E-state index contributed by atoms with van der Waals surface area (Å²) in [4.78, 5) is 67.4. The van der Waals surface area contributed by atoms with E-state index in [0.717, 1.165) is 0 Å². The first-order chi connectivity index (χ1) is 25.4. The molecule has 5 aromatic carbocycles. The fourth-order valence-electron chi connectivity index (χ4n) is 5.37. The molecule has 262 valence electrons. The van der Waals surface area contributed by atoms with E-state index in [-0.39, 0.29) is 27.8 Å². The lowest BCUT2D eigenvalue weighted by Gasteiger charge is -2.43. The molecule has 0 bridgehead atoms. The molecule has 0 radical (unpaired) electrons. The van der Waals surface area contributed by atoms with Gasteiger partial charge in [0.15, 0.2) is 12.2 Å². The summed E-state index contributed by atoms with van der Waals surface area (Å²) in [6, 6.07) is 40.0. The standard InChI is InChI=1S/C41H32O11/c42-36(27-16-6-1-7-17-27)47-26-32-33(49-37(43)28-18-8-2-9-19-28)34(50-38(44)29-20-10-3-11-21-29)35(51-39(45)30-22-12-4-13-23-30)41(48-32)52-40(46)31-24-14-5-15-25-31/h1-25,32-35,41H,26H2/t32-,33-,34+,35-,41+/m1/s1. The fourth-order valence-corrected chi connectivity index (χ4v) is 5.37. The van der Waals surface area contributed by atoms with Crippen LogP contribution in [-0.4, -0.2) is 67.2 Å². The summed E-state index contributed by atoms with van der Waals surface area (Å²) in [5.41, 5.74) is 0.762. The second-order valence-electron chi connectivity index (χ2n) is 11.5. The summed E-state index contributed by atoms with van der Waals surface area (Å²) >= 11 is 0. The zero-order valence-corrected chi connectivity index (χ0v) is 27.5. The molecule has 1 heterocycles. The highest BCUT2D eigenvalue weighted by Crippen LogP contribution is 2.32. The predicted octanol–water partition coefficient (Wildman–Crippen LogP) is 6.10. The molecule has 0 aliphatic carbocycles. The molecule has 1 aliphatic rings. The van der Waals surface area contributed by atoms with Crippen LogP contribution in [0.4, 0.5) is 0 Å². The van der Waals surface area contributed by atoms with Crippen molar-refractivity contribution in [2.75, 3.05) is 6.61 Å². The molecule has 5 aromatic rings. The monoisotopic (exact) mass is 700 g/mol. The van der Waals surface area contributed by atoms with E-state index in [1.165, 1.54) is 48.5 Å². The number of rotatable bonds is 11. The Kier molecular flexibility index (Phi) is 11.4. The van der Waals surface area contributed by atoms with Gasteiger partial charge in [-0.3, -0.25) is 0 Å². The summed E-state index contributed by atoms with van der Waals surface area (Å²) in [6.07, 6.45) is -8.07. The number of carbonyl (C=O) groups is 5. The van der Waals surface area contributed by atoms with Gasteiger partial charge in [0.25, 0.3) is 0 Å². The van der Waals surface area contributed by atoms with Crippen molar-refractivity contribution in [1.29, 1.82) is 0 Å². The van der Waals surface area contributed by atoms with Crippen molar-refractivity contribution in [3.05, 3.63) is 179 Å². The average molecular weight is 701 g/mol. The second-order valence-corrected chi connectivity index (χ2v) is 11.5. The number of carbonyl (C=O) groups excluding carboxylic acids is 5. The lowest BCUT2D eigenvalue weighted by molar-refractivity contribution is -0.282. The summed E-state index contributed by atoms with van der Waals surface area (Å²) in [5.74, 6) is -4.19. The lowest BCUT2D eigenvalue weighted by atomic mass is 9.97. The summed E-state index contributed by atoms with van der Waals surface area (Å²) in [6.45, 7) is -0.557. The largest absolute Gasteiger partial charge is 0.459 e. The summed E-state index contributed by atoms with van der Waals surface area (Å²) in [7, 11) is 0. The van der Waals surface area contributed by atoms with Crippen LogP contribution in [0.25, 0.3) is 0 Å². The molecule has 11 heteroatoms. The van der Waals surface area contributed by atoms with Gasteiger partial charge in [0.2, 0.25) is 12.4 Å². The molecule has 6 rings (SSSR count). The van der Waals surface area contributed by atoms with E-state index in [9.17, 15) is 24.0 Å². The van der Waals surface area contributed by atoms with E-state index < -0.39 is 67.2 Å². The van der Waals surface area contributed by atoms with Crippen LogP contribution in [0.1, 0.15) is 51.8 Å². The molecule has 1 saturated heterocycles. The zero-order chi connectivity index (χ0) is 36.3. The van der Waals surface area contributed by atoms with Gasteiger partial charge in [-0.05, 0) is 60.7 Å². The quantitative estimate of drug-likeness (QED) is 0.117. The van der Waals surface area contributed by atoms with E-state index in [0.29, 0.717) is 0 Å². The molecule has 0 unspecified atom stereocenters. The van der Waals surface area contributed by atoms with Gasteiger partial charge >= 0.3 is 29.8 Å². The number of esters is 5. The molecule has 0 N–H and O–H groups in total. The van der Waals surface area contributed by atoms with Crippen molar-refractivity contribution in [3.63, 3.8) is 0 Å². The van der Waals surface area contributed by atoms with Crippen LogP contribution in [0, 0.1) is 0 Å². The van der Waals surface area contributed by atoms with E-state index in [1.54, 1.807) is 103 Å². The SMILES string of the molecule is O=C(OC[C@H]1O[C@@H](OC(=O)c2ccccc2)[C@H](OC(=O)c2ccccc2)[C@@H](OC(=O)c2ccccc2)[C@@H]1OC(=O)c1ccccc1)c1ccccc1. The molecule has 1 fully saturated rings. The first-order valence-corrected chi connectivity index (χ1v) is 16.3. The number of benzene rings is 5. The predicted molar refractivity (Wildman–Crippen MR) is 184 cm³/mol. The average Bonchev–Trinajstić information content (AvgIpc) is 3.20. The van der Waals surface area contributed by atoms with Gasteiger partial charge < -0.3 is 28.4 Å². The van der Waals surface area contributed by atoms with Crippen LogP contribution < -0.4 is 0 Å². The minimum Gasteiger partial charge on any atom is -0.459 e. The second kappa shape index (κ2) is 16.9. The maximum Gasteiger partial charge on any atom is 0.340 e. The summed E-state index contributed by atoms with van der Waals surface area (Å²) in [5, 5.41) is 0. The molecule has 0 spiro atoms. The van der Waals surface area contributed by atoms with Crippen LogP contribution in [0.15, 0.2) is 152 Å². The van der Waals surface area contributed by atoms with E-state index in [1.807, 2.05) is 0 Å². The highest BCUT2D eigenvalue weighted by molar-refractivity contribution is 5.92. The molecular formula is C41H32O11. The highest BCUT2D eigenvalue weighted by Gasteiger charge is 2.54. The van der Waals surface area contributed by atoms with Crippen molar-refractivity contribution >= 4 is 29.8 Å².